The Kier molecular flexibility index (Phi) is 6.10. The molecule has 1 saturated heterocycles. The normalized spacial score (nSPS) is 15.7. The first-order valence-electron chi connectivity index (χ1n) is 9.98. The molecule has 0 N–H and O–H groups in total. The Morgan fingerprint density at radius 1 is 1.03 bits per heavy atom. The van der Waals surface area contributed by atoms with Crippen molar-refractivity contribution >= 4 is 27.3 Å². The topological polar surface area (TPSA) is 83.7 Å². The summed E-state index contributed by atoms with van der Waals surface area (Å²) in [6.07, 6.45) is -4.54. The largest absolute Gasteiger partial charge is 0.459 e. The maximum absolute atomic E-state index is 13.0. The van der Waals surface area contributed by atoms with E-state index in [-0.39, 0.29) is 37.0 Å². The Bertz CT molecular complexity index is 1270. The van der Waals surface area contributed by atoms with E-state index in [9.17, 15) is 26.4 Å². The van der Waals surface area contributed by atoms with Gasteiger partial charge in [-0.1, -0.05) is 0 Å². The average Bonchev–Trinajstić information content (AvgIpc) is 3.38. The number of piperazine rings is 1. The molecule has 1 fully saturated rings. The van der Waals surface area contributed by atoms with Crippen molar-refractivity contribution in [3.8, 4) is 10.8 Å². The van der Waals surface area contributed by atoms with Crippen LogP contribution in [0.5, 0.6) is 0 Å². The van der Waals surface area contributed by atoms with Gasteiger partial charge in [-0.25, -0.2) is 13.4 Å². The molecule has 0 aliphatic carbocycles. The molecule has 1 aliphatic rings. The smallest absolute Gasteiger partial charge is 0.416 e. The third-order valence-corrected chi connectivity index (χ3v) is 8.36. The lowest BCUT2D eigenvalue weighted by atomic mass is 10.2. The Labute approximate surface area is 192 Å². The lowest BCUT2D eigenvalue weighted by Gasteiger charge is -2.33. The number of thiazole rings is 1. The number of nitrogens with zero attached hydrogens (tertiary/aromatic N) is 3. The van der Waals surface area contributed by atoms with Gasteiger partial charge in [0.2, 0.25) is 10.0 Å². The molecule has 3 heterocycles. The number of hydrogen-bond donors (Lipinski definition) is 0. The standard InChI is InChI=1S/C21H20F3N3O4S2/c1-13-3-8-17(31-13)19-25-14(2)18(32-19)20(28)26-9-11-27(12-10-26)33(29,30)16-6-4-15(5-7-16)21(22,23)24/h3-8H,9-12H2,1-2H3. The molecule has 0 saturated carbocycles. The van der Waals surface area contributed by atoms with Crippen LogP contribution in [-0.2, 0) is 16.2 Å². The molecule has 0 unspecified atom stereocenters. The van der Waals surface area contributed by atoms with Gasteiger partial charge in [0.25, 0.3) is 5.91 Å². The van der Waals surface area contributed by atoms with Crippen LogP contribution in [0.25, 0.3) is 10.8 Å². The Morgan fingerprint density at radius 2 is 1.67 bits per heavy atom. The number of rotatable bonds is 4. The zero-order valence-corrected chi connectivity index (χ0v) is 19.4. The number of carbonyl (C=O) groups excluding carboxylic acids is 1. The molecule has 1 aliphatic heterocycles. The van der Waals surface area contributed by atoms with Gasteiger partial charge in [0, 0.05) is 26.2 Å². The highest BCUT2D eigenvalue weighted by atomic mass is 32.2. The number of halogens is 3. The zero-order chi connectivity index (χ0) is 24.0. The second-order valence-electron chi connectivity index (χ2n) is 7.56. The molecule has 3 aromatic rings. The molecule has 2 aromatic heterocycles. The van der Waals surface area contributed by atoms with Gasteiger partial charge in [-0.05, 0) is 50.2 Å². The van der Waals surface area contributed by atoms with Crippen molar-refractivity contribution in [2.75, 3.05) is 26.2 Å². The maximum atomic E-state index is 13.0. The maximum Gasteiger partial charge on any atom is 0.416 e. The van der Waals surface area contributed by atoms with Crippen molar-refractivity contribution in [3.05, 3.63) is 58.3 Å². The minimum absolute atomic E-state index is 0.0389. The van der Waals surface area contributed by atoms with Gasteiger partial charge in [0.15, 0.2) is 10.8 Å². The van der Waals surface area contributed by atoms with Gasteiger partial charge in [0.05, 0.1) is 16.2 Å². The minimum atomic E-state index is -4.54. The summed E-state index contributed by atoms with van der Waals surface area (Å²) in [4.78, 5) is 19.2. The van der Waals surface area contributed by atoms with Crippen molar-refractivity contribution in [1.82, 2.24) is 14.2 Å². The van der Waals surface area contributed by atoms with Crippen molar-refractivity contribution in [3.63, 3.8) is 0 Å². The van der Waals surface area contributed by atoms with Crippen molar-refractivity contribution in [2.45, 2.75) is 24.9 Å². The number of aromatic nitrogens is 1. The number of alkyl halides is 3. The predicted molar refractivity (Wildman–Crippen MR) is 115 cm³/mol. The van der Waals surface area contributed by atoms with Gasteiger partial charge in [-0.15, -0.1) is 11.3 Å². The number of aryl methyl sites for hydroxylation is 2. The van der Waals surface area contributed by atoms with Gasteiger partial charge in [-0.3, -0.25) is 4.79 Å². The van der Waals surface area contributed by atoms with E-state index in [0.717, 1.165) is 30.0 Å². The van der Waals surface area contributed by atoms with Crippen molar-refractivity contribution < 1.29 is 30.8 Å². The van der Waals surface area contributed by atoms with Crippen molar-refractivity contribution in [2.24, 2.45) is 0 Å². The minimum Gasteiger partial charge on any atom is -0.459 e. The summed E-state index contributed by atoms with van der Waals surface area (Å²) in [6, 6.07) is 6.99. The molecule has 0 atom stereocenters. The first-order valence-corrected chi connectivity index (χ1v) is 12.2. The second kappa shape index (κ2) is 8.58. The molecule has 33 heavy (non-hydrogen) atoms. The summed E-state index contributed by atoms with van der Waals surface area (Å²) in [5.74, 6) is 1.06. The Balaban J connectivity index is 1.44. The van der Waals surface area contributed by atoms with Crippen LogP contribution in [0.4, 0.5) is 13.2 Å². The SMILES string of the molecule is Cc1ccc(-c2nc(C)c(C(=O)N3CCN(S(=O)(=O)c4ccc(C(F)(F)F)cc4)CC3)s2)o1. The fourth-order valence-corrected chi connectivity index (χ4v) is 5.91. The number of hydrogen-bond acceptors (Lipinski definition) is 6. The van der Waals surface area contributed by atoms with E-state index < -0.39 is 21.8 Å². The number of carbonyl (C=O) groups is 1. The lowest BCUT2D eigenvalue weighted by Crippen LogP contribution is -2.50. The highest BCUT2D eigenvalue weighted by molar-refractivity contribution is 7.89. The molecule has 0 bridgehead atoms. The molecular formula is C21H20F3N3O4S2. The van der Waals surface area contributed by atoms with E-state index in [1.807, 2.05) is 13.0 Å². The van der Waals surface area contributed by atoms with E-state index in [4.69, 9.17) is 4.42 Å². The average molecular weight is 500 g/mol. The van der Waals surface area contributed by atoms with Crippen LogP contribution in [0.15, 0.2) is 45.7 Å². The number of benzene rings is 1. The molecule has 0 radical (unpaired) electrons. The highest BCUT2D eigenvalue weighted by Gasteiger charge is 2.34. The van der Waals surface area contributed by atoms with Gasteiger partial charge < -0.3 is 9.32 Å². The Hall–Kier alpha value is -2.70. The van der Waals surface area contributed by atoms with Gasteiger partial charge >= 0.3 is 6.18 Å². The molecule has 176 valence electrons. The number of furan rings is 1. The molecule has 12 heteroatoms. The molecule has 1 aromatic carbocycles. The van der Waals surface area contributed by atoms with Crippen LogP contribution in [0.3, 0.4) is 0 Å². The number of sulfonamides is 1. The van der Waals surface area contributed by atoms with Crippen LogP contribution < -0.4 is 0 Å². The zero-order valence-electron chi connectivity index (χ0n) is 17.7. The molecular weight excluding hydrogens is 479 g/mol. The quantitative estimate of drug-likeness (QED) is 0.538. The van der Waals surface area contributed by atoms with Crippen LogP contribution in [0.1, 0.15) is 26.7 Å². The van der Waals surface area contributed by atoms with E-state index in [2.05, 4.69) is 4.98 Å². The molecule has 1 amide bonds. The molecule has 4 rings (SSSR count). The summed E-state index contributed by atoms with van der Waals surface area (Å²) < 4.78 is 70.7. The molecule has 0 spiro atoms. The van der Waals surface area contributed by atoms with Crippen LogP contribution in [0, 0.1) is 13.8 Å². The fourth-order valence-electron chi connectivity index (χ4n) is 3.49. The summed E-state index contributed by atoms with van der Waals surface area (Å²) >= 11 is 1.21. The van der Waals surface area contributed by atoms with Gasteiger partial charge in [-0.2, -0.15) is 17.5 Å². The predicted octanol–water partition coefficient (Wildman–Crippen LogP) is 4.19. The third kappa shape index (κ3) is 4.68. The first-order chi connectivity index (χ1) is 15.5. The van der Waals surface area contributed by atoms with Crippen LogP contribution in [-0.4, -0.2) is 54.7 Å². The second-order valence-corrected chi connectivity index (χ2v) is 10.5. The summed E-state index contributed by atoms with van der Waals surface area (Å²) in [6.45, 7) is 3.94. The summed E-state index contributed by atoms with van der Waals surface area (Å²) in [5.41, 5.74) is -0.352. The van der Waals surface area contributed by atoms with Crippen molar-refractivity contribution in [1.29, 1.82) is 0 Å². The lowest BCUT2D eigenvalue weighted by molar-refractivity contribution is -0.137. The third-order valence-electron chi connectivity index (χ3n) is 5.29. The monoisotopic (exact) mass is 499 g/mol. The highest BCUT2D eigenvalue weighted by Crippen LogP contribution is 2.32. The van der Waals surface area contributed by atoms with Crippen LogP contribution in [0.2, 0.25) is 0 Å². The van der Waals surface area contributed by atoms with E-state index in [1.165, 1.54) is 15.6 Å². The fraction of sp³-hybridized carbons (Fsp3) is 0.333. The van der Waals surface area contributed by atoms with E-state index >= 15 is 0 Å². The molecule has 7 nitrogen and oxygen atoms in total. The van der Waals surface area contributed by atoms with E-state index in [0.29, 0.717) is 21.3 Å². The summed E-state index contributed by atoms with van der Waals surface area (Å²) in [5, 5.41) is 0.590. The van der Waals surface area contributed by atoms with Gasteiger partial charge in [0.1, 0.15) is 10.6 Å². The van der Waals surface area contributed by atoms with Crippen LogP contribution >= 0.6 is 11.3 Å². The first kappa shape index (κ1) is 23.5. The Morgan fingerprint density at radius 3 is 2.21 bits per heavy atom. The number of amides is 1. The summed E-state index contributed by atoms with van der Waals surface area (Å²) in [7, 11) is -3.97. The van der Waals surface area contributed by atoms with E-state index in [1.54, 1.807) is 17.9 Å².